The zero-order valence-electron chi connectivity index (χ0n) is 22.9. The van der Waals surface area contributed by atoms with E-state index in [0.29, 0.717) is 55.1 Å². The fourth-order valence-electron chi connectivity index (χ4n) is 5.19. The zero-order valence-corrected chi connectivity index (χ0v) is 22.9. The monoisotopic (exact) mass is 539 g/mol. The molecule has 210 valence electrons. The van der Waals surface area contributed by atoms with Crippen molar-refractivity contribution in [2.45, 2.75) is 77.5 Å². The molecule has 1 aliphatic carbocycles. The van der Waals surface area contributed by atoms with Crippen molar-refractivity contribution in [2.24, 2.45) is 5.92 Å². The van der Waals surface area contributed by atoms with Crippen LogP contribution in [-0.2, 0) is 24.2 Å². The summed E-state index contributed by atoms with van der Waals surface area (Å²) in [5.74, 6) is -0.525. The number of anilines is 1. The first-order chi connectivity index (χ1) is 18.8. The molecule has 0 saturated carbocycles. The molecule has 0 saturated heterocycles. The molecule has 0 fully saturated rings. The van der Waals surface area contributed by atoms with Gasteiger partial charge in [0.2, 0.25) is 5.91 Å². The van der Waals surface area contributed by atoms with Crippen LogP contribution in [0.15, 0.2) is 48.9 Å². The first-order valence-corrected chi connectivity index (χ1v) is 13.8. The van der Waals surface area contributed by atoms with Gasteiger partial charge in [0.15, 0.2) is 5.82 Å². The number of benzene rings is 2. The van der Waals surface area contributed by atoms with Crippen LogP contribution in [0.3, 0.4) is 0 Å². The molecule has 1 aliphatic rings. The van der Waals surface area contributed by atoms with Crippen molar-refractivity contribution in [2.75, 3.05) is 11.9 Å². The van der Waals surface area contributed by atoms with Crippen LogP contribution in [0, 0.1) is 17.6 Å². The molecule has 0 spiro atoms. The number of nitrogens with one attached hydrogen (secondary N) is 3. The van der Waals surface area contributed by atoms with Gasteiger partial charge in [-0.15, -0.1) is 0 Å². The topological polar surface area (TPSA) is 91.2 Å². The number of hydrogen-bond donors (Lipinski definition) is 4. The van der Waals surface area contributed by atoms with Gasteiger partial charge in [-0.3, -0.25) is 4.79 Å². The summed E-state index contributed by atoms with van der Waals surface area (Å²) in [4.78, 5) is 17.7. The first-order valence-electron chi connectivity index (χ1n) is 13.8. The SMILES string of the molecule is CCC[C@@H](N[C@H]1CCc2cc(F)cc(F)c2C1)C(=O)Nc1cn(-c2ccccc2CN[C@H](CO)C(C)C)cn1. The van der Waals surface area contributed by atoms with Crippen molar-refractivity contribution >= 4 is 11.7 Å². The molecule has 3 aromatic rings. The maximum absolute atomic E-state index is 14.4. The highest BCUT2D eigenvalue weighted by atomic mass is 19.1. The van der Waals surface area contributed by atoms with Gasteiger partial charge >= 0.3 is 0 Å². The number of para-hydroxylation sites is 1. The molecular formula is C30H39F2N5O2. The molecule has 0 radical (unpaired) electrons. The lowest BCUT2D eigenvalue weighted by molar-refractivity contribution is -0.118. The standard InChI is InChI=1S/C30H39F2N5O2/c1-4-7-26(35-23-11-10-20-12-22(31)13-25(32)24(20)14-23)30(39)36-29-16-37(18-34-29)28-9-6-5-8-21(28)15-33-27(17-38)19(2)3/h5-6,8-9,12-13,16,18-19,23,26-27,33,35,38H,4,7,10-11,14-15,17H2,1-3H3,(H,36,39)/t23-,26+,27+/m0/s1. The Morgan fingerprint density at radius 1 is 1.23 bits per heavy atom. The van der Waals surface area contributed by atoms with E-state index in [1.807, 2.05) is 35.8 Å². The van der Waals surface area contributed by atoms with Gasteiger partial charge in [0, 0.05) is 24.7 Å². The highest BCUT2D eigenvalue weighted by molar-refractivity contribution is 5.94. The molecule has 4 N–H and O–H groups in total. The predicted molar refractivity (Wildman–Crippen MR) is 149 cm³/mol. The van der Waals surface area contributed by atoms with Crippen molar-refractivity contribution in [3.63, 3.8) is 0 Å². The summed E-state index contributed by atoms with van der Waals surface area (Å²) >= 11 is 0. The Kier molecular flexibility index (Phi) is 9.83. The average Bonchev–Trinajstić information content (AvgIpc) is 3.37. The smallest absolute Gasteiger partial charge is 0.242 e. The molecule has 7 nitrogen and oxygen atoms in total. The summed E-state index contributed by atoms with van der Waals surface area (Å²) in [6.07, 6.45) is 6.57. The van der Waals surface area contributed by atoms with Crippen LogP contribution >= 0.6 is 0 Å². The number of halogens is 2. The normalized spacial score (nSPS) is 16.6. The van der Waals surface area contributed by atoms with Crippen LogP contribution in [0.25, 0.3) is 5.69 Å². The number of rotatable bonds is 12. The summed E-state index contributed by atoms with van der Waals surface area (Å²) in [5, 5.41) is 19.4. The third-order valence-electron chi connectivity index (χ3n) is 7.46. The molecule has 0 aliphatic heterocycles. The van der Waals surface area contributed by atoms with E-state index in [2.05, 4.69) is 34.8 Å². The third kappa shape index (κ3) is 7.29. The fraction of sp³-hybridized carbons (Fsp3) is 0.467. The minimum atomic E-state index is -0.552. The number of hydrogen-bond acceptors (Lipinski definition) is 5. The van der Waals surface area contributed by atoms with E-state index in [1.165, 1.54) is 6.07 Å². The van der Waals surface area contributed by atoms with E-state index in [9.17, 15) is 18.7 Å². The minimum absolute atomic E-state index is 0.00556. The molecule has 0 unspecified atom stereocenters. The number of aliphatic hydroxyl groups is 1. The van der Waals surface area contributed by atoms with Crippen LogP contribution in [0.1, 0.15) is 56.7 Å². The van der Waals surface area contributed by atoms with Crippen LogP contribution in [0.4, 0.5) is 14.6 Å². The number of nitrogens with zero attached hydrogens (tertiary/aromatic N) is 2. The molecule has 4 rings (SSSR count). The van der Waals surface area contributed by atoms with Crippen LogP contribution in [0.5, 0.6) is 0 Å². The summed E-state index contributed by atoms with van der Waals surface area (Å²) in [6.45, 7) is 6.80. The van der Waals surface area contributed by atoms with E-state index in [-0.39, 0.29) is 24.6 Å². The molecule has 9 heteroatoms. The Balaban J connectivity index is 1.41. The van der Waals surface area contributed by atoms with Crippen LogP contribution in [0.2, 0.25) is 0 Å². The van der Waals surface area contributed by atoms with Gasteiger partial charge < -0.3 is 25.6 Å². The van der Waals surface area contributed by atoms with Crippen LogP contribution < -0.4 is 16.0 Å². The Morgan fingerprint density at radius 2 is 2.03 bits per heavy atom. The predicted octanol–water partition coefficient (Wildman–Crippen LogP) is 4.51. The number of aryl methyl sites for hydroxylation is 1. The molecule has 0 bridgehead atoms. The van der Waals surface area contributed by atoms with E-state index in [1.54, 1.807) is 12.5 Å². The molecule has 2 aromatic carbocycles. The fourth-order valence-corrected chi connectivity index (χ4v) is 5.19. The lowest BCUT2D eigenvalue weighted by atomic mass is 9.87. The Morgan fingerprint density at radius 3 is 2.77 bits per heavy atom. The van der Waals surface area contributed by atoms with Crippen molar-refractivity contribution in [3.05, 3.63) is 77.2 Å². The van der Waals surface area contributed by atoms with Gasteiger partial charge in [0.05, 0.1) is 24.5 Å². The van der Waals surface area contributed by atoms with Gasteiger partial charge in [-0.25, -0.2) is 13.8 Å². The highest BCUT2D eigenvalue weighted by Crippen LogP contribution is 2.26. The number of aromatic nitrogens is 2. The van der Waals surface area contributed by atoms with Crippen molar-refractivity contribution in [1.29, 1.82) is 0 Å². The Bertz CT molecular complexity index is 1260. The number of carbonyl (C=O) groups is 1. The maximum atomic E-state index is 14.4. The number of fused-ring (bicyclic) bond motifs is 1. The van der Waals surface area contributed by atoms with Gasteiger partial charge in [-0.2, -0.15) is 0 Å². The number of aliphatic hydroxyl groups excluding tert-OH is 1. The summed E-state index contributed by atoms with van der Waals surface area (Å²) in [5.41, 5.74) is 3.21. The number of carbonyl (C=O) groups excluding carboxylic acids is 1. The van der Waals surface area contributed by atoms with Gasteiger partial charge in [-0.1, -0.05) is 45.4 Å². The maximum Gasteiger partial charge on any atom is 0.242 e. The lowest BCUT2D eigenvalue weighted by Crippen LogP contribution is -2.48. The zero-order chi connectivity index (χ0) is 27.9. The van der Waals surface area contributed by atoms with E-state index >= 15 is 0 Å². The van der Waals surface area contributed by atoms with Gasteiger partial charge in [0.25, 0.3) is 0 Å². The second-order valence-electron chi connectivity index (χ2n) is 10.7. The van der Waals surface area contributed by atoms with Crippen molar-refractivity contribution < 1.29 is 18.7 Å². The van der Waals surface area contributed by atoms with Crippen molar-refractivity contribution in [1.82, 2.24) is 20.2 Å². The molecule has 1 aromatic heterocycles. The lowest BCUT2D eigenvalue weighted by Gasteiger charge is -2.29. The van der Waals surface area contributed by atoms with E-state index in [0.717, 1.165) is 23.7 Å². The number of imidazole rings is 1. The van der Waals surface area contributed by atoms with E-state index < -0.39 is 17.7 Å². The second kappa shape index (κ2) is 13.3. The largest absolute Gasteiger partial charge is 0.395 e. The molecule has 3 atom stereocenters. The number of amides is 1. The van der Waals surface area contributed by atoms with E-state index in [4.69, 9.17) is 0 Å². The molecule has 39 heavy (non-hydrogen) atoms. The molecule has 1 heterocycles. The molecule has 1 amide bonds. The minimum Gasteiger partial charge on any atom is -0.395 e. The third-order valence-corrected chi connectivity index (χ3v) is 7.46. The summed E-state index contributed by atoms with van der Waals surface area (Å²) < 4.78 is 29.8. The van der Waals surface area contributed by atoms with Gasteiger partial charge in [0.1, 0.15) is 18.0 Å². The highest BCUT2D eigenvalue weighted by Gasteiger charge is 2.27. The quantitative estimate of drug-likeness (QED) is 0.272. The second-order valence-corrected chi connectivity index (χ2v) is 10.7. The summed E-state index contributed by atoms with van der Waals surface area (Å²) in [6, 6.07) is 9.72. The van der Waals surface area contributed by atoms with Crippen molar-refractivity contribution in [3.8, 4) is 5.69 Å². The Hall–Kier alpha value is -3.14. The van der Waals surface area contributed by atoms with Crippen LogP contribution in [-0.4, -0.2) is 45.3 Å². The summed E-state index contributed by atoms with van der Waals surface area (Å²) in [7, 11) is 0. The molecular weight excluding hydrogens is 500 g/mol. The first kappa shape index (κ1) is 28.9. The average molecular weight is 540 g/mol. The Labute approximate surface area is 229 Å². The van der Waals surface area contributed by atoms with Gasteiger partial charge in [-0.05, 0) is 60.4 Å².